The van der Waals surface area contributed by atoms with Crippen molar-refractivity contribution in [3.63, 3.8) is 0 Å². The highest BCUT2D eigenvalue weighted by molar-refractivity contribution is 6.05. The van der Waals surface area contributed by atoms with Gasteiger partial charge in [-0.1, -0.05) is 36.4 Å². The maximum absolute atomic E-state index is 12.7. The van der Waals surface area contributed by atoms with Crippen LogP contribution in [0, 0.1) is 0 Å². The molecule has 3 rings (SSSR count). The third kappa shape index (κ3) is 2.32. The number of anilines is 1. The summed E-state index contributed by atoms with van der Waals surface area (Å²) in [6.07, 6.45) is 0.918. The molecule has 110 valence electrons. The number of amides is 1. The lowest BCUT2D eigenvalue weighted by Crippen LogP contribution is -2.66. The van der Waals surface area contributed by atoms with Crippen LogP contribution >= 0.6 is 0 Å². The number of rotatable bonds is 3. The SMILES string of the molecule is CC(C)N1CCC1(C)C(=O)Nc1cccc2ccccc12. The first kappa shape index (κ1) is 14.1. The minimum absolute atomic E-state index is 0.0961. The summed E-state index contributed by atoms with van der Waals surface area (Å²) < 4.78 is 0. The maximum atomic E-state index is 12.7. The Kier molecular flexibility index (Phi) is 3.46. The van der Waals surface area contributed by atoms with Crippen LogP contribution in [0.4, 0.5) is 5.69 Å². The summed E-state index contributed by atoms with van der Waals surface area (Å²) in [5.41, 5.74) is 0.514. The third-order valence-corrected chi connectivity index (χ3v) is 4.62. The Hall–Kier alpha value is -1.87. The first-order valence-corrected chi connectivity index (χ1v) is 7.58. The summed E-state index contributed by atoms with van der Waals surface area (Å²) in [7, 11) is 0. The summed E-state index contributed by atoms with van der Waals surface area (Å²) >= 11 is 0. The van der Waals surface area contributed by atoms with Crippen molar-refractivity contribution in [1.82, 2.24) is 4.90 Å². The first-order chi connectivity index (χ1) is 10.0. The van der Waals surface area contributed by atoms with E-state index in [1.54, 1.807) is 0 Å². The Balaban J connectivity index is 1.87. The molecule has 1 fully saturated rings. The van der Waals surface area contributed by atoms with Crippen molar-refractivity contribution in [2.75, 3.05) is 11.9 Å². The zero-order chi connectivity index (χ0) is 15.0. The molecule has 0 saturated carbocycles. The number of carbonyl (C=O) groups excluding carboxylic acids is 1. The van der Waals surface area contributed by atoms with E-state index in [1.807, 2.05) is 37.3 Å². The Morgan fingerprint density at radius 2 is 1.90 bits per heavy atom. The van der Waals surface area contributed by atoms with E-state index in [0.29, 0.717) is 6.04 Å². The van der Waals surface area contributed by atoms with E-state index in [1.165, 1.54) is 0 Å². The van der Waals surface area contributed by atoms with Crippen LogP contribution in [0.2, 0.25) is 0 Å². The molecule has 0 radical (unpaired) electrons. The van der Waals surface area contributed by atoms with Gasteiger partial charge in [0.15, 0.2) is 0 Å². The highest BCUT2D eigenvalue weighted by Crippen LogP contribution is 2.34. The van der Waals surface area contributed by atoms with Gasteiger partial charge in [0.1, 0.15) is 0 Å². The number of benzene rings is 2. The molecule has 21 heavy (non-hydrogen) atoms. The van der Waals surface area contributed by atoms with Gasteiger partial charge in [-0.15, -0.1) is 0 Å². The Labute approximate surface area is 125 Å². The molecule has 0 spiro atoms. The summed E-state index contributed by atoms with van der Waals surface area (Å²) in [5.74, 6) is 0.0961. The van der Waals surface area contributed by atoms with Crippen molar-refractivity contribution in [1.29, 1.82) is 0 Å². The lowest BCUT2D eigenvalue weighted by Gasteiger charge is -2.51. The smallest absolute Gasteiger partial charge is 0.244 e. The Bertz CT molecular complexity index is 674. The number of hydrogen-bond donors (Lipinski definition) is 1. The third-order valence-electron chi connectivity index (χ3n) is 4.62. The van der Waals surface area contributed by atoms with Crippen molar-refractivity contribution < 1.29 is 4.79 Å². The quantitative estimate of drug-likeness (QED) is 0.932. The number of hydrogen-bond acceptors (Lipinski definition) is 2. The van der Waals surface area contributed by atoms with E-state index in [0.717, 1.165) is 29.4 Å². The fourth-order valence-electron chi connectivity index (χ4n) is 3.24. The van der Waals surface area contributed by atoms with E-state index < -0.39 is 0 Å². The Morgan fingerprint density at radius 1 is 1.19 bits per heavy atom. The van der Waals surface area contributed by atoms with Gasteiger partial charge in [0.05, 0.1) is 5.54 Å². The van der Waals surface area contributed by atoms with Crippen LogP contribution in [0.5, 0.6) is 0 Å². The van der Waals surface area contributed by atoms with E-state index >= 15 is 0 Å². The molecule has 1 atom stereocenters. The summed E-state index contributed by atoms with van der Waals surface area (Å²) in [5, 5.41) is 5.37. The van der Waals surface area contributed by atoms with Gasteiger partial charge in [-0.2, -0.15) is 0 Å². The van der Waals surface area contributed by atoms with Crippen LogP contribution in [-0.2, 0) is 4.79 Å². The molecule has 1 amide bonds. The highest BCUT2D eigenvalue weighted by atomic mass is 16.2. The molecule has 1 N–H and O–H groups in total. The van der Waals surface area contributed by atoms with Gasteiger partial charge in [-0.05, 0) is 38.6 Å². The number of likely N-dealkylation sites (tertiary alicyclic amines) is 1. The molecule has 2 aromatic carbocycles. The molecular formula is C18H22N2O. The second-order valence-corrected chi connectivity index (χ2v) is 6.29. The molecule has 0 aromatic heterocycles. The average Bonchev–Trinajstić information content (AvgIpc) is 2.45. The molecule has 1 heterocycles. The van der Waals surface area contributed by atoms with E-state index in [9.17, 15) is 4.79 Å². The van der Waals surface area contributed by atoms with Crippen molar-refractivity contribution >= 4 is 22.4 Å². The minimum atomic E-state index is -0.384. The largest absolute Gasteiger partial charge is 0.324 e. The van der Waals surface area contributed by atoms with Gasteiger partial charge in [0, 0.05) is 23.7 Å². The summed E-state index contributed by atoms with van der Waals surface area (Å²) in [4.78, 5) is 15.0. The summed E-state index contributed by atoms with van der Waals surface area (Å²) in [6.45, 7) is 7.32. The van der Waals surface area contributed by atoms with Crippen molar-refractivity contribution in [2.45, 2.75) is 38.8 Å². The standard InChI is InChI=1S/C18H22N2O/c1-13(2)20-12-11-18(20,3)17(21)19-16-10-6-8-14-7-4-5-9-15(14)16/h4-10,13H,11-12H2,1-3H3,(H,19,21). The molecule has 3 heteroatoms. The zero-order valence-corrected chi connectivity index (χ0v) is 12.9. The molecule has 1 aliphatic rings. The fraction of sp³-hybridized carbons (Fsp3) is 0.389. The van der Waals surface area contributed by atoms with Crippen molar-refractivity contribution in [2.24, 2.45) is 0 Å². The van der Waals surface area contributed by atoms with Crippen LogP contribution in [0.1, 0.15) is 27.2 Å². The van der Waals surface area contributed by atoms with Crippen LogP contribution in [0.3, 0.4) is 0 Å². The van der Waals surface area contributed by atoms with Gasteiger partial charge < -0.3 is 5.32 Å². The number of nitrogens with zero attached hydrogens (tertiary/aromatic N) is 1. The van der Waals surface area contributed by atoms with Gasteiger partial charge in [0.25, 0.3) is 0 Å². The van der Waals surface area contributed by atoms with Crippen LogP contribution < -0.4 is 5.32 Å². The number of nitrogens with one attached hydrogen (secondary N) is 1. The van der Waals surface area contributed by atoms with Gasteiger partial charge in [-0.3, -0.25) is 9.69 Å². The molecule has 1 saturated heterocycles. The summed E-state index contributed by atoms with van der Waals surface area (Å²) in [6, 6.07) is 14.6. The molecule has 1 aliphatic heterocycles. The highest BCUT2D eigenvalue weighted by Gasteiger charge is 2.47. The second kappa shape index (κ2) is 5.15. The average molecular weight is 282 g/mol. The zero-order valence-electron chi connectivity index (χ0n) is 12.9. The van der Waals surface area contributed by atoms with E-state index in [-0.39, 0.29) is 11.4 Å². The van der Waals surface area contributed by atoms with E-state index in [4.69, 9.17) is 0 Å². The van der Waals surface area contributed by atoms with Gasteiger partial charge >= 0.3 is 0 Å². The van der Waals surface area contributed by atoms with Crippen LogP contribution in [0.15, 0.2) is 42.5 Å². The Morgan fingerprint density at radius 3 is 2.57 bits per heavy atom. The first-order valence-electron chi connectivity index (χ1n) is 7.58. The van der Waals surface area contributed by atoms with E-state index in [2.05, 4.69) is 36.2 Å². The lowest BCUT2D eigenvalue weighted by molar-refractivity contribution is -0.138. The maximum Gasteiger partial charge on any atom is 0.244 e. The number of fused-ring (bicyclic) bond motifs is 1. The van der Waals surface area contributed by atoms with Gasteiger partial charge in [0.2, 0.25) is 5.91 Å². The number of carbonyl (C=O) groups is 1. The minimum Gasteiger partial charge on any atom is -0.324 e. The molecule has 0 bridgehead atoms. The topological polar surface area (TPSA) is 32.3 Å². The van der Waals surface area contributed by atoms with Gasteiger partial charge in [-0.25, -0.2) is 0 Å². The van der Waals surface area contributed by atoms with Crippen LogP contribution in [0.25, 0.3) is 10.8 Å². The van der Waals surface area contributed by atoms with Crippen molar-refractivity contribution in [3.8, 4) is 0 Å². The second-order valence-electron chi connectivity index (χ2n) is 6.29. The monoisotopic (exact) mass is 282 g/mol. The predicted molar refractivity (Wildman–Crippen MR) is 87.4 cm³/mol. The normalized spacial score (nSPS) is 22.3. The predicted octanol–water partition coefficient (Wildman–Crippen LogP) is 3.65. The molecule has 1 unspecified atom stereocenters. The molecule has 3 nitrogen and oxygen atoms in total. The molecular weight excluding hydrogens is 260 g/mol. The molecule has 0 aliphatic carbocycles. The molecule has 2 aromatic rings. The lowest BCUT2D eigenvalue weighted by atomic mass is 9.84. The van der Waals surface area contributed by atoms with Crippen molar-refractivity contribution in [3.05, 3.63) is 42.5 Å². The fourth-order valence-corrected chi connectivity index (χ4v) is 3.24. The van der Waals surface area contributed by atoms with Crippen LogP contribution in [-0.4, -0.2) is 28.9 Å².